The lowest BCUT2D eigenvalue weighted by Gasteiger charge is -2.12. The lowest BCUT2D eigenvalue weighted by atomic mass is 10.1. The largest absolute Gasteiger partial charge is 0.497 e. The maximum atomic E-state index is 13.7. The van der Waals surface area contributed by atoms with Crippen LogP contribution in [-0.4, -0.2) is 35.9 Å². The van der Waals surface area contributed by atoms with Gasteiger partial charge in [-0.15, -0.1) is 0 Å². The number of hydrogen-bond acceptors (Lipinski definition) is 7. The topological polar surface area (TPSA) is 75.5 Å². The molecule has 0 fully saturated rings. The fraction of sp³-hybridized carbons (Fsp3) is 0.192. The number of rotatable bonds is 9. The maximum absolute atomic E-state index is 13.7. The second-order valence-electron chi connectivity index (χ2n) is 7.62. The van der Waals surface area contributed by atoms with Crippen molar-refractivity contribution >= 4 is 11.8 Å². The van der Waals surface area contributed by atoms with Crippen LogP contribution in [0.1, 0.15) is 17.7 Å². The van der Waals surface area contributed by atoms with Crippen LogP contribution in [0.3, 0.4) is 0 Å². The highest BCUT2D eigenvalue weighted by atomic mass is 32.2. The third-order valence-corrected chi connectivity index (χ3v) is 6.13. The van der Waals surface area contributed by atoms with E-state index in [9.17, 15) is 13.6 Å². The number of hydrogen-bond donors (Lipinski definition) is 0. The van der Waals surface area contributed by atoms with Crippen LogP contribution in [0.25, 0.3) is 11.3 Å². The van der Waals surface area contributed by atoms with E-state index in [4.69, 9.17) is 14.2 Å². The number of pyridine rings is 1. The molecule has 0 aliphatic carbocycles. The highest BCUT2D eigenvalue weighted by molar-refractivity contribution is 7.99. The minimum Gasteiger partial charge on any atom is -0.497 e. The molecule has 0 saturated carbocycles. The molecule has 0 spiro atoms. The molecule has 2 aromatic heterocycles. The van der Waals surface area contributed by atoms with Crippen LogP contribution in [0.4, 0.5) is 8.78 Å². The summed E-state index contributed by atoms with van der Waals surface area (Å²) in [6, 6.07) is 16.7. The van der Waals surface area contributed by atoms with Gasteiger partial charge in [-0.2, -0.15) is 0 Å². The van der Waals surface area contributed by atoms with E-state index in [0.717, 1.165) is 22.2 Å². The van der Waals surface area contributed by atoms with Crippen molar-refractivity contribution in [1.82, 2.24) is 14.5 Å². The first-order valence-corrected chi connectivity index (χ1v) is 11.6. The molecule has 4 aromatic rings. The second-order valence-corrected chi connectivity index (χ2v) is 8.66. The van der Waals surface area contributed by atoms with E-state index in [2.05, 4.69) is 9.97 Å². The van der Waals surface area contributed by atoms with Gasteiger partial charge in [-0.3, -0.25) is 4.79 Å². The molecule has 0 aliphatic rings. The lowest BCUT2D eigenvalue weighted by molar-refractivity contribution is 0.145. The minimum atomic E-state index is -2.78. The van der Waals surface area contributed by atoms with Crippen LogP contribution in [0.15, 0.2) is 81.7 Å². The van der Waals surface area contributed by atoms with Gasteiger partial charge in [0.25, 0.3) is 12.0 Å². The second kappa shape index (κ2) is 11.2. The number of benzene rings is 2. The molecule has 0 aliphatic heterocycles. The molecule has 186 valence electrons. The molecule has 10 heteroatoms. The number of nitrogens with zero attached hydrogens (tertiary/aromatic N) is 3. The van der Waals surface area contributed by atoms with Crippen molar-refractivity contribution < 1.29 is 23.0 Å². The number of aromatic nitrogens is 3. The van der Waals surface area contributed by atoms with Crippen molar-refractivity contribution in [2.75, 3.05) is 21.3 Å². The third kappa shape index (κ3) is 5.83. The fourth-order valence-electron chi connectivity index (χ4n) is 3.50. The Bertz CT molecular complexity index is 1430. The molecule has 2 aromatic carbocycles. The van der Waals surface area contributed by atoms with E-state index in [0.29, 0.717) is 22.8 Å². The monoisotopic (exact) mass is 511 g/mol. The zero-order chi connectivity index (χ0) is 25.7. The maximum Gasteiger partial charge on any atom is 0.280 e. The normalized spacial score (nSPS) is 10.9. The van der Waals surface area contributed by atoms with Crippen molar-refractivity contribution in [2.24, 2.45) is 0 Å². The Balaban J connectivity index is 1.69. The van der Waals surface area contributed by atoms with Crippen LogP contribution in [0.5, 0.6) is 17.2 Å². The van der Waals surface area contributed by atoms with Crippen LogP contribution in [0.2, 0.25) is 0 Å². The van der Waals surface area contributed by atoms with Crippen molar-refractivity contribution in [1.29, 1.82) is 0 Å². The Kier molecular flexibility index (Phi) is 7.84. The summed E-state index contributed by atoms with van der Waals surface area (Å²) in [4.78, 5) is 21.8. The van der Waals surface area contributed by atoms with Gasteiger partial charge in [-0.25, -0.2) is 18.7 Å². The number of methoxy groups -OCH3 is 3. The van der Waals surface area contributed by atoms with Gasteiger partial charge in [-0.1, -0.05) is 12.1 Å². The Morgan fingerprint density at radius 3 is 2.44 bits per heavy atom. The quantitative estimate of drug-likeness (QED) is 0.276. The van der Waals surface area contributed by atoms with Gasteiger partial charge >= 0.3 is 0 Å². The van der Waals surface area contributed by atoms with E-state index in [1.807, 2.05) is 12.1 Å². The summed E-state index contributed by atoms with van der Waals surface area (Å²) in [5, 5.41) is 0.161. The van der Waals surface area contributed by atoms with Gasteiger partial charge in [0, 0.05) is 22.7 Å². The van der Waals surface area contributed by atoms with E-state index in [-0.39, 0.29) is 23.0 Å². The Labute approximate surface area is 210 Å². The molecule has 0 atom stereocenters. The van der Waals surface area contributed by atoms with Crippen molar-refractivity contribution in [2.45, 2.75) is 23.0 Å². The molecule has 36 heavy (non-hydrogen) atoms. The number of alkyl halides is 2. The summed E-state index contributed by atoms with van der Waals surface area (Å²) in [5.74, 6) is 1.74. The highest BCUT2D eigenvalue weighted by Gasteiger charge is 2.16. The van der Waals surface area contributed by atoms with E-state index in [1.165, 1.54) is 23.8 Å². The van der Waals surface area contributed by atoms with Gasteiger partial charge in [0.05, 0.1) is 33.6 Å². The predicted octanol–water partition coefficient (Wildman–Crippen LogP) is 5.47. The standard InChI is InChI=1S/C26H23F2N3O4S/c1-33-18-5-4-6-19(12-18)36-26-29-20(13-21(30-26)25(27)28)17-8-10-24(32)31(15-17)14-16-7-9-22(34-2)23(11-16)35-3/h4-13,15,25H,14H2,1-3H3. The smallest absolute Gasteiger partial charge is 0.280 e. The van der Waals surface area contributed by atoms with Gasteiger partial charge in [0.2, 0.25) is 0 Å². The number of halogens is 2. The summed E-state index contributed by atoms with van der Waals surface area (Å²) in [7, 11) is 4.62. The first-order chi connectivity index (χ1) is 17.4. The highest BCUT2D eigenvalue weighted by Crippen LogP contribution is 2.32. The molecular weight excluding hydrogens is 488 g/mol. The zero-order valence-corrected chi connectivity index (χ0v) is 20.6. The first kappa shape index (κ1) is 25.2. The van der Waals surface area contributed by atoms with Gasteiger partial charge in [-0.05, 0) is 59.8 Å². The van der Waals surface area contributed by atoms with Crippen LogP contribution in [-0.2, 0) is 6.54 Å². The summed E-state index contributed by atoms with van der Waals surface area (Å²) < 4.78 is 44.6. The molecule has 7 nitrogen and oxygen atoms in total. The Morgan fingerprint density at radius 2 is 1.72 bits per heavy atom. The van der Waals surface area contributed by atoms with Crippen LogP contribution in [0, 0.1) is 0 Å². The minimum absolute atomic E-state index is 0.161. The average Bonchev–Trinajstić information content (AvgIpc) is 2.89. The molecule has 0 bridgehead atoms. The van der Waals surface area contributed by atoms with Gasteiger partial charge < -0.3 is 18.8 Å². The summed E-state index contributed by atoms with van der Waals surface area (Å²) in [6.45, 7) is 0.241. The summed E-state index contributed by atoms with van der Waals surface area (Å²) in [5.41, 5.74) is 0.946. The lowest BCUT2D eigenvalue weighted by Crippen LogP contribution is -2.19. The molecular formula is C26H23F2N3O4S. The summed E-state index contributed by atoms with van der Waals surface area (Å²) >= 11 is 1.15. The van der Waals surface area contributed by atoms with Crippen molar-refractivity contribution in [3.05, 3.63) is 88.5 Å². The molecule has 0 saturated heterocycles. The predicted molar refractivity (Wildman–Crippen MR) is 132 cm³/mol. The molecule has 0 N–H and O–H groups in total. The fourth-order valence-corrected chi connectivity index (χ4v) is 4.33. The molecule has 4 rings (SSSR count). The molecule has 2 heterocycles. The van der Waals surface area contributed by atoms with Crippen LogP contribution < -0.4 is 19.8 Å². The Hall–Kier alpha value is -3.92. The molecule has 0 amide bonds. The molecule has 0 radical (unpaired) electrons. The summed E-state index contributed by atoms with van der Waals surface area (Å²) in [6.07, 6.45) is -1.19. The van der Waals surface area contributed by atoms with Gasteiger partial charge in [0.15, 0.2) is 16.7 Å². The average molecular weight is 512 g/mol. The Morgan fingerprint density at radius 1 is 0.917 bits per heavy atom. The first-order valence-electron chi connectivity index (χ1n) is 10.8. The number of ether oxygens (including phenoxy) is 3. The molecule has 0 unspecified atom stereocenters. The van der Waals surface area contributed by atoms with E-state index < -0.39 is 12.1 Å². The SMILES string of the molecule is COc1cccc(Sc2nc(-c3ccc(=O)n(Cc4ccc(OC)c(OC)c4)c3)cc(C(F)F)n2)c1. The van der Waals surface area contributed by atoms with E-state index >= 15 is 0 Å². The third-order valence-electron chi connectivity index (χ3n) is 5.28. The van der Waals surface area contributed by atoms with E-state index in [1.54, 1.807) is 56.8 Å². The van der Waals surface area contributed by atoms with Crippen molar-refractivity contribution in [3.63, 3.8) is 0 Å². The zero-order valence-electron chi connectivity index (χ0n) is 19.8. The van der Waals surface area contributed by atoms with Crippen molar-refractivity contribution in [3.8, 4) is 28.5 Å². The van der Waals surface area contributed by atoms with Gasteiger partial charge in [0.1, 0.15) is 11.4 Å². The van der Waals surface area contributed by atoms with Crippen LogP contribution >= 0.6 is 11.8 Å².